The van der Waals surface area contributed by atoms with Crippen molar-refractivity contribution in [2.75, 3.05) is 11.5 Å². The smallest absolute Gasteiger partial charge is 0.0843 e. The Morgan fingerprint density at radius 2 is 1.75 bits per heavy atom. The Bertz CT molecular complexity index is 466. The van der Waals surface area contributed by atoms with Gasteiger partial charge in [-0.3, -0.25) is 0 Å². The lowest BCUT2D eigenvalue weighted by atomic mass is 10.5. The highest BCUT2D eigenvalue weighted by molar-refractivity contribution is 8.16. The highest BCUT2D eigenvalue weighted by Gasteiger charge is 2.15. The maximum atomic E-state index is 2.33. The topological polar surface area (TPSA) is 0 Å². The summed E-state index contributed by atoms with van der Waals surface area (Å²) in [5.74, 6) is 2.51. The van der Waals surface area contributed by atoms with Gasteiger partial charge in [-0.25, -0.2) is 0 Å². The minimum Gasteiger partial charge on any atom is -0.142 e. The van der Waals surface area contributed by atoms with E-state index >= 15 is 0 Å². The van der Waals surface area contributed by atoms with Crippen molar-refractivity contribution in [2.24, 2.45) is 0 Å². The molecule has 0 aliphatic rings. The minimum absolute atomic E-state index is 0.623. The lowest BCUT2D eigenvalue weighted by Crippen LogP contribution is -1.89. The van der Waals surface area contributed by atoms with E-state index in [0.717, 1.165) is 0 Å². The number of hydrogen-bond donors (Lipinski definition) is 0. The van der Waals surface area contributed by atoms with Gasteiger partial charge in [0.05, 0.1) is 13.0 Å². The van der Waals surface area contributed by atoms with Gasteiger partial charge in [-0.1, -0.05) is 31.7 Å². The van der Waals surface area contributed by atoms with Crippen molar-refractivity contribution in [2.45, 2.75) is 39.7 Å². The minimum atomic E-state index is 0.623. The van der Waals surface area contributed by atoms with E-state index < -0.39 is 0 Å². The molecule has 0 spiro atoms. The van der Waals surface area contributed by atoms with E-state index in [0.29, 0.717) is 4.58 Å². The summed E-state index contributed by atoms with van der Waals surface area (Å²) in [6.07, 6.45) is 2.52. The van der Waals surface area contributed by atoms with Crippen molar-refractivity contribution >= 4 is 58.0 Å². The fraction of sp³-hybridized carbons (Fsp3) is 0.467. The average Bonchev–Trinajstić information content (AvgIpc) is 3.11. The van der Waals surface area contributed by atoms with Crippen LogP contribution in [0.15, 0.2) is 38.1 Å². The molecule has 0 unspecified atom stereocenters. The predicted molar refractivity (Wildman–Crippen MR) is 101 cm³/mol. The number of hydrogen-bond acceptors (Lipinski definition) is 5. The van der Waals surface area contributed by atoms with Gasteiger partial charge in [0.1, 0.15) is 0 Å². The van der Waals surface area contributed by atoms with Gasteiger partial charge in [-0.2, -0.15) is 0 Å². The SMILES string of the molecule is CCCSC(SCCC)c1ccc(Sc2cccs2)s1. The number of rotatable bonds is 9. The van der Waals surface area contributed by atoms with Gasteiger partial charge in [0, 0.05) is 4.88 Å². The van der Waals surface area contributed by atoms with E-state index in [1.165, 1.54) is 37.6 Å². The van der Waals surface area contributed by atoms with Crippen LogP contribution in [0.1, 0.15) is 36.1 Å². The molecule has 0 N–H and O–H groups in total. The van der Waals surface area contributed by atoms with Gasteiger partial charge < -0.3 is 0 Å². The molecule has 2 heterocycles. The van der Waals surface area contributed by atoms with E-state index in [2.05, 4.69) is 67.0 Å². The van der Waals surface area contributed by atoms with Crippen LogP contribution in [0.5, 0.6) is 0 Å². The lowest BCUT2D eigenvalue weighted by molar-refractivity contribution is 1.10. The zero-order chi connectivity index (χ0) is 14.2. The first kappa shape index (κ1) is 16.8. The second-order valence-corrected chi connectivity index (χ2v) is 10.7. The van der Waals surface area contributed by atoms with Crippen LogP contribution in [0.3, 0.4) is 0 Å². The van der Waals surface area contributed by atoms with Gasteiger partial charge in [0.15, 0.2) is 0 Å². The zero-order valence-electron chi connectivity index (χ0n) is 11.8. The molecule has 0 saturated carbocycles. The molecule has 0 aromatic carbocycles. The molecule has 0 radical (unpaired) electrons. The third kappa shape index (κ3) is 5.34. The molecule has 5 heteroatoms. The fourth-order valence-corrected chi connectivity index (χ4v) is 7.68. The van der Waals surface area contributed by atoms with Gasteiger partial charge in [0.25, 0.3) is 0 Å². The van der Waals surface area contributed by atoms with Crippen LogP contribution in [-0.4, -0.2) is 11.5 Å². The van der Waals surface area contributed by atoms with E-state index in [1.807, 2.05) is 34.4 Å². The van der Waals surface area contributed by atoms with Crippen molar-refractivity contribution in [1.82, 2.24) is 0 Å². The van der Waals surface area contributed by atoms with Crippen LogP contribution in [0.4, 0.5) is 0 Å². The molecule has 0 aliphatic heterocycles. The molecule has 110 valence electrons. The summed E-state index contributed by atoms with van der Waals surface area (Å²) in [6.45, 7) is 4.53. The van der Waals surface area contributed by atoms with Crippen LogP contribution < -0.4 is 0 Å². The van der Waals surface area contributed by atoms with Crippen LogP contribution in [0.25, 0.3) is 0 Å². The second-order valence-electron chi connectivity index (χ2n) is 4.26. The zero-order valence-corrected chi connectivity index (χ0v) is 15.9. The summed E-state index contributed by atoms with van der Waals surface area (Å²) in [6, 6.07) is 8.94. The first-order valence-corrected chi connectivity index (χ1v) is 11.5. The molecule has 20 heavy (non-hydrogen) atoms. The predicted octanol–water partition coefficient (Wildman–Crippen LogP) is 7.25. The van der Waals surface area contributed by atoms with Crippen molar-refractivity contribution in [3.8, 4) is 0 Å². The largest absolute Gasteiger partial charge is 0.142 e. The van der Waals surface area contributed by atoms with Gasteiger partial charge in [-0.15, -0.1) is 46.2 Å². The maximum absolute atomic E-state index is 2.33. The molecular formula is C15H20S5. The number of thioether (sulfide) groups is 2. The molecule has 0 saturated heterocycles. The fourth-order valence-electron chi connectivity index (χ4n) is 1.60. The highest BCUT2D eigenvalue weighted by atomic mass is 32.2. The molecule has 0 fully saturated rings. The molecule has 2 rings (SSSR count). The van der Waals surface area contributed by atoms with Crippen LogP contribution in [0, 0.1) is 0 Å². The van der Waals surface area contributed by atoms with Crippen molar-refractivity contribution < 1.29 is 0 Å². The first-order valence-electron chi connectivity index (χ1n) is 6.87. The van der Waals surface area contributed by atoms with Gasteiger partial charge >= 0.3 is 0 Å². The maximum Gasteiger partial charge on any atom is 0.0843 e. The Hall–Kier alpha value is 0.450. The summed E-state index contributed by atoms with van der Waals surface area (Å²) in [5.41, 5.74) is 0. The van der Waals surface area contributed by atoms with Crippen LogP contribution >= 0.6 is 58.0 Å². The molecule has 0 aliphatic carbocycles. The molecule has 0 amide bonds. The standard InChI is InChI=1S/C15H20S5/c1-3-9-17-15(18-10-4-2)12-7-8-14(19-12)20-13-6-5-11-16-13/h5-8,11,15H,3-4,9-10H2,1-2H3. The summed E-state index contributed by atoms with van der Waals surface area (Å²) in [4.78, 5) is 1.53. The quantitative estimate of drug-likeness (QED) is 0.432. The second kappa shape index (κ2) is 9.46. The van der Waals surface area contributed by atoms with Gasteiger partial charge in [0.2, 0.25) is 0 Å². The lowest BCUT2D eigenvalue weighted by Gasteiger charge is -2.13. The Kier molecular flexibility index (Phi) is 7.96. The van der Waals surface area contributed by atoms with E-state index in [4.69, 9.17) is 0 Å². The van der Waals surface area contributed by atoms with Crippen LogP contribution in [0.2, 0.25) is 0 Å². The molecule has 0 nitrogen and oxygen atoms in total. The molecule has 2 aromatic heterocycles. The van der Waals surface area contributed by atoms with E-state index in [9.17, 15) is 0 Å². The third-order valence-corrected chi connectivity index (χ3v) is 9.31. The van der Waals surface area contributed by atoms with Crippen molar-refractivity contribution in [1.29, 1.82) is 0 Å². The average molecular weight is 361 g/mol. The highest BCUT2D eigenvalue weighted by Crippen LogP contribution is 2.45. The van der Waals surface area contributed by atoms with Crippen molar-refractivity contribution in [3.63, 3.8) is 0 Å². The molecule has 2 aromatic rings. The normalized spacial score (nSPS) is 11.3. The Balaban J connectivity index is 1.99. The molecular weight excluding hydrogens is 340 g/mol. The monoisotopic (exact) mass is 360 g/mol. The number of thiophene rings is 2. The molecule has 0 atom stereocenters. The Labute approximate surface area is 143 Å². The summed E-state index contributed by atoms with van der Waals surface area (Å²) in [7, 11) is 0. The third-order valence-electron chi connectivity index (χ3n) is 2.48. The van der Waals surface area contributed by atoms with E-state index in [1.54, 1.807) is 0 Å². The molecule has 0 bridgehead atoms. The Morgan fingerprint density at radius 1 is 1.00 bits per heavy atom. The Morgan fingerprint density at radius 3 is 2.35 bits per heavy atom. The summed E-state index contributed by atoms with van der Waals surface area (Å²) >= 11 is 9.89. The first-order chi connectivity index (χ1) is 9.83. The van der Waals surface area contributed by atoms with E-state index in [-0.39, 0.29) is 0 Å². The summed E-state index contributed by atoms with van der Waals surface area (Å²) in [5, 5.41) is 2.15. The van der Waals surface area contributed by atoms with Gasteiger partial charge in [-0.05, 0) is 47.9 Å². The van der Waals surface area contributed by atoms with Crippen LogP contribution in [-0.2, 0) is 0 Å². The summed E-state index contributed by atoms with van der Waals surface area (Å²) < 4.78 is 3.43. The van der Waals surface area contributed by atoms with Crippen molar-refractivity contribution in [3.05, 3.63) is 34.5 Å².